The average Bonchev–Trinajstić information content (AvgIpc) is 3.50. The van der Waals surface area contributed by atoms with Crippen LogP contribution in [0, 0.1) is 11.8 Å². The third-order valence-corrected chi connectivity index (χ3v) is 8.07. The average molecular weight is 430 g/mol. The van der Waals surface area contributed by atoms with Crippen LogP contribution in [0.5, 0.6) is 0 Å². The second kappa shape index (κ2) is 7.91. The van der Waals surface area contributed by atoms with Gasteiger partial charge in [-0.15, -0.1) is 0 Å². The number of nitrogens with one attached hydrogen (secondary N) is 2. The first-order valence-electron chi connectivity index (χ1n) is 12.2. The maximum Gasteiger partial charge on any atom is 0.246 e. The monoisotopic (exact) mass is 429 g/mol. The molecule has 5 aliphatic rings. The van der Waals surface area contributed by atoms with Gasteiger partial charge in [-0.25, -0.2) is 0 Å². The van der Waals surface area contributed by atoms with E-state index in [-0.39, 0.29) is 35.8 Å². The third kappa shape index (κ3) is 3.31. The molecule has 0 radical (unpaired) electrons. The molecule has 7 heteroatoms. The normalized spacial score (nSPS) is 37.6. The highest BCUT2D eigenvalue weighted by molar-refractivity contribution is 6.00. The minimum atomic E-state index is -1.04. The molecule has 0 aromatic carbocycles. The standard InChI is InChI=1S/C24H35N3O4/c1-14(2)27-20(22(29)26-16-10-6-7-11-16)24-13-12-17(31-24)18(19(24)23(27)30)21(28)25-15-8-4-3-5-9-15/h12-20H,3-11H2,1-2H3,(H,25,28)(H,26,29)/t17-,18-,19+,20+,24-/m0/s1. The van der Waals surface area contributed by atoms with Gasteiger partial charge < -0.3 is 20.3 Å². The van der Waals surface area contributed by atoms with Gasteiger partial charge in [0.15, 0.2) is 0 Å². The summed E-state index contributed by atoms with van der Waals surface area (Å²) >= 11 is 0. The van der Waals surface area contributed by atoms with Crippen molar-refractivity contribution < 1.29 is 19.1 Å². The molecule has 0 unspecified atom stereocenters. The van der Waals surface area contributed by atoms with Gasteiger partial charge >= 0.3 is 0 Å². The summed E-state index contributed by atoms with van der Waals surface area (Å²) in [6.45, 7) is 3.86. The van der Waals surface area contributed by atoms with E-state index >= 15 is 0 Å². The maximum absolute atomic E-state index is 13.6. The molecule has 2 saturated carbocycles. The van der Waals surface area contributed by atoms with Crippen molar-refractivity contribution in [2.24, 2.45) is 11.8 Å². The molecule has 170 valence electrons. The molecule has 5 atom stereocenters. The van der Waals surface area contributed by atoms with Crippen molar-refractivity contribution in [1.29, 1.82) is 0 Å². The largest absolute Gasteiger partial charge is 0.359 e. The van der Waals surface area contributed by atoms with Gasteiger partial charge in [-0.05, 0) is 39.5 Å². The molecule has 4 fully saturated rings. The lowest BCUT2D eigenvalue weighted by molar-refractivity contribution is -0.144. The van der Waals surface area contributed by atoms with Crippen LogP contribution >= 0.6 is 0 Å². The topological polar surface area (TPSA) is 87.7 Å². The SMILES string of the molecule is CC(C)N1C(=O)[C@H]2[C@@H](C(=O)NC3CCCCC3)[C@@H]3C=C[C@@]2(O3)[C@H]1C(=O)NC1CCCC1. The van der Waals surface area contributed by atoms with Crippen molar-refractivity contribution in [2.75, 3.05) is 0 Å². The summed E-state index contributed by atoms with van der Waals surface area (Å²) in [6.07, 6.45) is 13.0. The fourth-order valence-electron chi connectivity index (χ4n) is 6.66. The van der Waals surface area contributed by atoms with Gasteiger partial charge in [0, 0.05) is 18.1 Å². The zero-order valence-corrected chi connectivity index (χ0v) is 18.6. The molecule has 0 aromatic rings. The Kier molecular flexibility index (Phi) is 5.35. The summed E-state index contributed by atoms with van der Waals surface area (Å²) < 4.78 is 6.36. The minimum absolute atomic E-state index is 0.0953. The van der Waals surface area contributed by atoms with E-state index in [0.29, 0.717) is 0 Å². The highest BCUT2D eigenvalue weighted by Crippen LogP contribution is 2.55. The van der Waals surface area contributed by atoms with Crippen molar-refractivity contribution in [3.8, 4) is 0 Å². The first-order valence-corrected chi connectivity index (χ1v) is 12.2. The number of hydrogen-bond donors (Lipinski definition) is 2. The van der Waals surface area contributed by atoms with Crippen LogP contribution in [0.3, 0.4) is 0 Å². The second-order valence-electron chi connectivity index (χ2n) is 10.4. The molecule has 3 heterocycles. The molecule has 2 N–H and O–H groups in total. The molecule has 31 heavy (non-hydrogen) atoms. The van der Waals surface area contributed by atoms with Crippen LogP contribution < -0.4 is 10.6 Å². The number of carbonyl (C=O) groups is 3. The molecule has 2 saturated heterocycles. The van der Waals surface area contributed by atoms with Gasteiger partial charge in [-0.1, -0.05) is 44.3 Å². The lowest BCUT2D eigenvalue weighted by Crippen LogP contribution is -2.57. The molecule has 3 aliphatic heterocycles. The summed E-state index contributed by atoms with van der Waals surface area (Å²) in [6, 6.07) is -0.524. The molecule has 2 aliphatic carbocycles. The van der Waals surface area contributed by atoms with Crippen LogP contribution in [0.4, 0.5) is 0 Å². The number of amides is 3. The molecular formula is C24H35N3O4. The number of hydrogen-bond acceptors (Lipinski definition) is 4. The van der Waals surface area contributed by atoms with Gasteiger partial charge in [0.25, 0.3) is 0 Å². The van der Waals surface area contributed by atoms with E-state index in [1.54, 1.807) is 4.90 Å². The molecule has 7 nitrogen and oxygen atoms in total. The number of ether oxygens (including phenoxy) is 1. The zero-order valence-electron chi connectivity index (χ0n) is 18.6. The summed E-state index contributed by atoms with van der Waals surface area (Å²) in [5.41, 5.74) is -1.04. The Morgan fingerprint density at radius 1 is 1.00 bits per heavy atom. The zero-order chi connectivity index (χ0) is 21.8. The Hall–Kier alpha value is -1.89. The summed E-state index contributed by atoms with van der Waals surface area (Å²) in [4.78, 5) is 42.1. The maximum atomic E-state index is 13.6. The van der Waals surface area contributed by atoms with Crippen molar-refractivity contribution >= 4 is 17.7 Å². The van der Waals surface area contributed by atoms with Crippen LogP contribution in [-0.4, -0.2) is 58.5 Å². The Balaban J connectivity index is 1.41. The summed E-state index contributed by atoms with van der Waals surface area (Å²) in [5.74, 6) is -1.56. The first-order chi connectivity index (χ1) is 14.9. The van der Waals surface area contributed by atoms with Crippen LogP contribution in [0.2, 0.25) is 0 Å². The Labute approximate surface area is 184 Å². The molecule has 0 aromatic heterocycles. The summed E-state index contributed by atoms with van der Waals surface area (Å²) in [5, 5.41) is 6.38. The van der Waals surface area contributed by atoms with Gasteiger partial charge in [0.1, 0.15) is 11.6 Å². The predicted octanol–water partition coefficient (Wildman–Crippen LogP) is 2.05. The van der Waals surface area contributed by atoms with Crippen molar-refractivity contribution in [3.05, 3.63) is 12.2 Å². The lowest BCUT2D eigenvalue weighted by atomic mass is 9.74. The molecule has 5 rings (SSSR count). The Morgan fingerprint density at radius 3 is 2.19 bits per heavy atom. The molecule has 1 spiro atoms. The summed E-state index contributed by atoms with van der Waals surface area (Å²) in [7, 11) is 0. The van der Waals surface area contributed by atoms with Crippen LogP contribution in [-0.2, 0) is 19.1 Å². The fraction of sp³-hybridized carbons (Fsp3) is 0.792. The van der Waals surface area contributed by atoms with E-state index in [1.807, 2.05) is 26.0 Å². The van der Waals surface area contributed by atoms with E-state index in [1.165, 1.54) is 6.42 Å². The smallest absolute Gasteiger partial charge is 0.246 e. The van der Waals surface area contributed by atoms with E-state index in [2.05, 4.69) is 10.6 Å². The van der Waals surface area contributed by atoms with Crippen LogP contribution in [0.1, 0.15) is 71.6 Å². The minimum Gasteiger partial charge on any atom is -0.359 e. The third-order valence-electron chi connectivity index (χ3n) is 8.07. The Morgan fingerprint density at radius 2 is 1.58 bits per heavy atom. The van der Waals surface area contributed by atoms with E-state index in [0.717, 1.165) is 51.4 Å². The van der Waals surface area contributed by atoms with Crippen molar-refractivity contribution in [3.63, 3.8) is 0 Å². The number of nitrogens with zero attached hydrogens (tertiary/aromatic N) is 1. The van der Waals surface area contributed by atoms with Crippen molar-refractivity contribution in [2.45, 2.75) is 108 Å². The predicted molar refractivity (Wildman–Crippen MR) is 115 cm³/mol. The van der Waals surface area contributed by atoms with E-state index in [4.69, 9.17) is 4.74 Å². The number of rotatable bonds is 5. The van der Waals surface area contributed by atoms with Crippen LogP contribution in [0.25, 0.3) is 0 Å². The second-order valence-corrected chi connectivity index (χ2v) is 10.4. The van der Waals surface area contributed by atoms with E-state index < -0.39 is 29.6 Å². The number of likely N-dealkylation sites (tertiary alicyclic amines) is 1. The quantitative estimate of drug-likeness (QED) is 0.655. The van der Waals surface area contributed by atoms with Crippen LogP contribution in [0.15, 0.2) is 12.2 Å². The molecule has 2 bridgehead atoms. The molecular weight excluding hydrogens is 394 g/mol. The lowest BCUT2D eigenvalue weighted by Gasteiger charge is -2.34. The highest BCUT2D eigenvalue weighted by Gasteiger charge is 2.73. The molecule has 3 amide bonds. The number of carbonyl (C=O) groups excluding carboxylic acids is 3. The highest BCUT2D eigenvalue weighted by atomic mass is 16.5. The number of fused-ring (bicyclic) bond motifs is 1. The van der Waals surface area contributed by atoms with Gasteiger partial charge in [-0.3, -0.25) is 14.4 Å². The first kappa shape index (κ1) is 21.0. The van der Waals surface area contributed by atoms with Crippen molar-refractivity contribution in [1.82, 2.24) is 15.5 Å². The van der Waals surface area contributed by atoms with Gasteiger partial charge in [0.05, 0.1) is 17.9 Å². The van der Waals surface area contributed by atoms with E-state index in [9.17, 15) is 14.4 Å². The Bertz CT molecular complexity index is 784. The van der Waals surface area contributed by atoms with Gasteiger partial charge in [-0.2, -0.15) is 0 Å². The van der Waals surface area contributed by atoms with Gasteiger partial charge in [0.2, 0.25) is 17.7 Å². The fourth-order valence-corrected chi connectivity index (χ4v) is 6.66.